The Kier molecular flexibility index (Phi) is 5.80. The molecule has 0 aromatic heterocycles. The quantitative estimate of drug-likeness (QED) is 0.898. The van der Waals surface area contributed by atoms with Crippen molar-refractivity contribution in [3.05, 3.63) is 29.3 Å². The Hall–Kier alpha value is -1.59. The highest BCUT2D eigenvalue weighted by molar-refractivity contribution is 5.89. The van der Waals surface area contributed by atoms with Gasteiger partial charge in [-0.25, -0.2) is 4.79 Å². The van der Waals surface area contributed by atoms with Crippen molar-refractivity contribution in [2.75, 3.05) is 25.1 Å². The maximum atomic E-state index is 12.5. The van der Waals surface area contributed by atoms with Crippen LogP contribution in [-0.2, 0) is 11.2 Å². The highest BCUT2D eigenvalue weighted by Crippen LogP contribution is 2.18. The first-order valence-electron chi connectivity index (χ1n) is 7.94. The van der Waals surface area contributed by atoms with Crippen LogP contribution in [-0.4, -0.2) is 47.9 Å². The van der Waals surface area contributed by atoms with Crippen LogP contribution in [0.25, 0.3) is 0 Å². The van der Waals surface area contributed by atoms with Gasteiger partial charge in [0, 0.05) is 12.2 Å². The number of hydrogen-bond acceptors (Lipinski definition) is 3. The van der Waals surface area contributed by atoms with E-state index in [4.69, 9.17) is 4.74 Å². The predicted molar refractivity (Wildman–Crippen MR) is 87.2 cm³/mol. The van der Waals surface area contributed by atoms with E-state index in [1.165, 1.54) is 11.1 Å². The summed E-state index contributed by atoms with van der Waals surface area (Å²) in [5, 5.41) is 12.5. The standard InChI is InChI=1S/C17H26N2O3/c1-4-14-10-15(6-5-12(14)2)18-17(21)19-7-8-22-11-16(19)9-13(3)20/h5-6,10,13,16,20H,4,7-9,11H2,1-3H3,(H,18,21)/t13-,16+/m0/s1. The SMILES string of the molecule is CCc1cc(NC(=O)N2CCOC[C@H]2C[C@H](C)O)ccc1C. The number of morpholine rings is 1. The number of benzene rings is 1. The number of nitrogens with zero attached hydrogens (tertiary/aromatic N) is 1. The van der Waals surface area contributed by atoms with E-state index < -0.39 is 6.10 Å². The molecular weight excluding hydrogens is 280 g/mol. The second-order valence-electron chi connectivity index (χ2n) is 5.93. The first-order chi connectivity index (χ1) is 10.5. The van der Waals surface area contributed by atoms with E-state index in [0.717, 1.165) is 12.1 Å². The van der Waals surface area contributed by atoms with Gasteiger partial charge in [-0.05, 0) is 49.9 Å². The lowest BCUT2D eigenvalue weighted by atomic mass is 10.1. The third-order valence-electron chi connectivity index (χ3n) is 4.08. The molecule has 0 saturated carbocycles. The monoisotopic (exact) mass is 306 g/mol. The zero-order chi connectivity index (χ0) is 16.1. The van der Waals surface area contributed by atoms with Crippen molar-refractivity contribution >= 4 is 11.7 Å². The molecule has 5 nitrogen and oxygen atoms in total. The third kappa shape index (κ3) is 4.21. The zero-order valence-electron chi connectivity index (χ0n) is 13.6. The van der Waals surface area contributed by atoms with Crippen LogP contribution in [0.4, 0.5) is 10.5 Å². The molecule has 1 aromatic rings. The molecule has 1 aromatic carbocycles. The second-order valence-corrected chi connectivity index (χ2v) is 5.93. The first kappa shape index (κ1) is 16.8. The molecule has 2 rings (SSSR count). The van der Waals surface area contributed by atoms with Gasteiger partial charge in [-0.3, -0.25) is 0 Å². The number of aryl methyl sites for hydroxylation is 2. The van der Waals surface area contributed by atoms with Crippen molar-refractivity contribution in [1.82, 2.24) is 4.90 Å². The second kappa shape index (κ2) is 7.61. The van der Waals surface area contributed by atoms with Crippen LogP contribution in [0, 0.1) is 6.92 Å². The predicted octanol–water partition coefficient (Wildman–Crippen LogP) is 2.56. The fourth-order valence-corrected chi connectivity index (χ4v) is 2.84. The number of aliphatic hydroxyl groups is 1. The fourth-order valence-electron chi connectivity index (χ4n) is 2.84. The van der Waals surface area contributed by atoms with E-state index in [2.05, 4.69) is 19.2 Å². The van der Waals surface area contributed by atoms with E-state index in [0.29, 0.717) is 26.2 Å². The van der Waals surface area contributed by atoms with Crippen LogP contribution in [0.2, 0.25) is 0 Å². The van der Waals surface area contributed by atoms with E-state index in [1.54, 1.807) is 11.8 Å². The van der Waals surface area contributed by atoms with Gasteiger partial charge in [0.15, 0.2) is 0 Å². The number of amides is 2. The van der Waals surface area contributed by atoms with Crippen molar-refractivity contribution < 1.29 is 14.6 Å². The van der Waals surface area contributed by atoms with E-state index in [9.17, 15) is 9.90 Å². The minimum Gasteiger partial charge on any atom is -0.393 e. The van der Waals surface area contributed by atoms with Gasteiger partial charge in [0.25, 0.3) is 0 Å². The molecule has 0 bridgehead atoms. The Morgan fingerprint density at radius 2 is 2.32 bits per heavy atom. The van der Waals surface area contributed by atoms with Crippen LogP contribution >= 0.6 is 0 Å². The van der Waals surface area contributed by atoms with Crippen LogP contribution in [0.3, 0.4) is 0 Å². The molecule has 1 saturated heterocycles. The lowest BCUT2D eigenvalue weighted by Gasteiger charge is -2.36. The molecule has 5 heteroatoms. The lowest BCUT2D eigenvalue weighted by molar-refractivity contribution is -0.00160. The molecule has 0 aliphatic carbocycles. The number of nitrogens with one attached hydrogen (secondary N) is 1. The van der Waals surface area contributed by atoms with Crippen molar-refractivity contribution in [2.24, 2.45) is 0 Å². The van der Waals surface area contributed by atoms with Gasteiger partial charge < -0.3 is 20.1 Å². The number of urea groups is 1. The minimum atomic E-state index is -0.451. The van der Waals surface area contributed by atoms with Gasteiger partial charge in [-0.2, -0.15) is 0 Å². The van der Waals surface area contributed by atoms with Crippen molar-refractivity contribution in [3.8, 4) is 0 Å². The molecule has 122 valence electrons. The van der Waals surface area contributed by atoms with Crippen molar-refractivity contribution in [1.29, 1.82) is 0 Å². The Bertz CT molecular complexity index is 517. The lowest BCUT2D eigenvalue weighted by Crippen LogP contribution is -2.51. The summed E-state index contributed by atoms with van der Waals surface area (Å²) in [4.78, 5) is 14.3. The highest BCUT2D eigenvalue weighted by Gasteiger charge is 2.28. The summed E-state index contributed by atoms with van der Waals surface area (Å²) >= 11 is 0. The summed E-state index contributed by atoms with van der Waals surface area (Å²) in [5.74, 6) is 0. The molecule has 1 fully saturated rings. The smallest absolute Gasteiger partial charge is 0.322 e. The molecule has 2 atom stereocenters. The van der Waals surface area contributed by atoms with Gasteiger partial charge in [0.2, 0.25) is 0 Å². The van der Waals surface area contributed by atoms with Crippen molar-refractivity contribution in [3.63, 3.8) is 0 Å². The summed E-state index contributed by atoms with van der Waals surface area (Å²) in [6, 6.07) is 5.78. The average molecular weight is 306 g/mol. The Morgan fingerprint density at radius 3 is 3.00 bits per heavy atom. The third-order valence-corrected chi connectivity index (χ3v) is 4.08. The first-order valence-corrected chi connectivity index (χ1v) is 7.94. The normalized spacial score (nSPS) is 19.8. The molecule has 2 amide bonds. The summed E-state index contributed by atoms with van der Waals surface area (Å²) in [5.41, 5.74) is 3.29. The minimum absolute atomic E-state index is 0.0788. The fraction of sp³-hybridized carbons (Fsp3) is 0.588. The number of carbonyl (C=O) groups is 1. The van der Waals surface area contributed by atoms with Gasteiger partial charge in [0.05, 0.1) is 25.4 Å². The maximum absolute atomic E-state index is 12.5. The number of ether oxygens (including phenoxy) is 1. The number of aliphatic hydroxyl groups excluding tert-OH is 1. The van der Waals surface area contributed by atoms with Crippen LogP contribution in [0.15, 0.2) is 18.2 Å². The Morgan fingerprint density at radius 1 is 1.55 bits per heavy atom. The van der Waals surface area contributed by atoms with Crippen LogP contribution < -0.4 is 5.32 Å². The van der Waals surface area contributed by atoms with Gasteiger partial charge in [-0.15, -0.1) is 0 Å². The molecule has 22 heavy (non-hydrogen) atoms. The molecular formula is C17H26N2O3. The van der Waals surface area contributed by atoms with Crippen LogP contribution in [0.1, 0.15) is 31.4 Å². The summed E-state index contributed by atoms with van der Waals surface area (Å²) in [6.07, 6.45) is 1.02. The molecule has 2 N–H and O–H groups in total. The Balaban J connectivity index is 2.06. The largest absolute Gasteiger partial charge is 0.393 e. The zero-order valence-corrected chi connectivity index (χ0v) is 13.6. The number of anilines is 1. The molecule has 0 unspecified atom stereocenters. The summed E-state index contributed by atoms with van der Waals surface area (Å²) in [7, 11) is 0. The van der Waals surface area contributed by atoms with Gasteiger partial charge in [-0.1, -0.05) is 13.0 Å². The number of carbonyl (C=O) groups excluding carboxylic acids is 1. The molecule has 1 heterocycles. The van der Waals surface area contributed by atoms with Gasteiger partial charge in [0.1, 0.15) is 0 Å². The molecule has 1 aliphatic heterocycles. The highest BCUT2D eigenvalue weighted by atomic mass is 16.5. The number of hydrogen-bond donors (Lipinski definition) is 2. The maximum Gasteiger partial charge on any atom is 0.322 e. The van der Waals surface area contributed by atoms with Gasteiger partial charge >= 0.3 is 6.03 Å². The molecule has 0 spiro atoms. The molecule has 1 aliphatic rings. The van der Waals surface area contributed by atoms with E-state index >= 15 is 0 Å². The number of rotatable bonds is 4. The van der Waals surface area contributed by atoms with E-state index in [-0.39, 0.29) is 12.1 Å². The molecule has 0 radical (unpaired) electrons. The van der Waals surface area contributed by atoms with Crippen molar-refractivity contribution in [2.45, 2.75) is 45.8 Å². The van der Waals surface area contributed by atoms with Crippen LogP contribution in [0.5, 0.6) is 0 Å². The topological polar surface area (TPSA) is 61.8 Å². The Labute approximate surface area is 132 Å². The van der Waals surface area contributed by atoms with E-state index in [1.807, 2.05) is 18.2 Å². The summed E-state index contributed by atoms with van der Waals surface area (Å²) in [6.45, 7) is 7.48. The average Bonchev–Trinajstić information content (AvgIpc) is 2.49. The summed E-state index contributed by atoms with van der Waals surface area (Å²) < 4.78 is 5.43.